The van der Waals surface area contributed by atoms with Crippen LogP contribution in [0.3, 0.4) is 0 Å². The molecule has 0 unspecified atom stereocenters. The molecule has 0 amide bonds. The van der Waals surface area contributed by atoms with Gasteiger partial charge in [-0.3, -0.25) is 4.99 Å². The summed E-state index contributed by atoms with van der Waals surface area (Å²) in [6.07, 6.45) is 1.35. The fourth-order valence-electron chi connectivity index (χ4n) is 0.228. The fourth-order valence-corrected chi connectivity index (χ4v) is 0.277. The summed E-state index contributed by atoms with van der Waals surface area (Å²) in [5, 5.41) is 0.231. The van der Waals surface area contributed by atoms with Gasteiger partial charge < -0.3 is 5.43 Å². The molecule has 0 aromatic carbocycles. The number of hydrogen-bond donors (Lipinski definition) is 2. The van der Waals surface area contributed by atoms with E-state index in [4.69, 9.17) is 17.4 Å². The smallest absolute Gasteiger partial charge is 0.146 e. The Morgan fingerprint density at radius 1 is 1.80 bits per heavy atom. The number of nitrogens with two attached hydrogens (primary N) is 1. The highest BCUT2D eigenvalue weighted by molar-refractivity contribution is 6.29. The van der Waals surface area contributed by atoms with Crippen LogP contribution in [0.15, 0.2) is 21.3 Å². The van der Waals surface area contributed by atoms with E-state index >= 15 is 0 Å². The molecule has 56 valence electrons. The molecule has 0 aromatic rings. The van der Waals surface area contributed by atoms with E-state index in [1.165, 1.54) is 6.20 Å². The predicted octanol–water partition coefficient (Wildman–Crippen LogP) is 0.606. The summed E-state index contributed by atoms with van der Waals surface area (Å²) in [6, 6.07) is 0. The number of aliphatic imine (C=N–C) groups is 2. The quantitative estimate of drug-likeness (QED) is 0.204. The number of hydrazine groups is 1. The van der Waals surface area contributed by atoms with Crippen LogP contribution in [0.4, 0.5) is 0 Å². The summed E-state index contributed by atoms with van der Waals surface area (Å²) in [5.41, 5.74) is 2.33. The molecule has 4 nitrogen and oxygen atoms in total. The van der Waals surface area contributed by atoms with Crippen LogP contribution in [0.25, 0.3) is 0 Å². The number of hydrogen-bond acceptors (Lipinski definition) is 3. The van der Waals surface area contributed by atoms with E-state index in [1.807, 2.05) is 0 Å². The maximum absolute atomic E-state index is 5.42. The maximum Gasteiger partial charge on any atom is 0.146 e. The van der Waals surface area contributed by atoms with Crippen molar-refractivity contribution in [2.24, 2.45) is 15.8 Å². The lowest BCUT2D eigenvalue weighted by atomic mass is 10.7. The SMILES string of the molecule is C=N/C(Cl)=C\N=C(C)NN. The van der Waals surface area contributed by atoms with Crippen LogP contribution in [-0.2, 0) is 0 Å². The molecule has 10 heavy (non-hydrogen) atoms. The summed E-state index contributed by atoms with van der Waals surface area (Å²) >= 11 is 5.42. The van der Waals surface area contributed by atoms with Gasteiger partial charge in [-0.1, -0.05) is 11.6 Å². The van der Waals surface area contributed by atoms with Crippen LogP contribution >= 0.6 is 11.6 Å². The first-order valence-corrected chi connectivity index (χ1v) is 2.92. The third-order valence-corrected chi connectivity index (χ3v) is 0.942. The molecule has 0 rings (SSSR count). The molecular weight excluding hydrogens is 152 g/mol. The average Bonchev–Trinajstić information content (AvgIpc) is 1.99. The zero-order chi connectivity index (χ0) is 7.98. The molecule has 0 aliphatic heterocycles. The van der Waals surface area contributed by atoms with Crippen LogP contribution in [-0.4, -0.2) is 12.6 Å². The molecule has 0 fully saturated rings. The van der Waals surface area contributed by atoms with Crippen LogP contribution in [0.2, 0.25) is 0 Å². The zero-order valence-corrected chi connectivity index (χ0v) is 6.39. The second-order valence-electron chi connectivity index (χ2n) is 1.47. The Kier molecular flexibility index (Phi) is 4.53. The van der Waals surface area contributed by atoms with Crippen molar-refractivity contribution < 1.29 is 0 Å². The van der Waals surface area contributed by atoms with E-state index in [2.05, 4.69) is 22.1 Å². The molecule has 0 saturated carbocycles. The van der Waals surface area contributed by atoms with Crippen molar-refractivity contribution in [1.29, 1.82) is 0 Å². The van der Waals surface area contributed by atoms with Crippen molar-refractivity contribution in [3.05, 3.63) is 11.4 Å². The van der Waals surface area contributed by atoms with Gasteiger partial charge in [0.2, 0.25) is 0 Å². The number of amidine groups is 1. The largest absolute Gasteiger partial charge is 0.312 e. The highest BCUT2D eigenvalue weighted by Crippen LogP contribution is 2.00. The third kappa shape index (κ3) is 4.05. The van der Waals surface area contributed by atoms with Gasteiger partial charge in [-0.25, -0.2) is 10.8 Å². The first-order chi connectivity index (χ1) is 4.70. The first-order valence-electron chi connectivity index (χ1n) is 2.54. The normalized spacial score (nSPS) is 13.1. The average molecular weight is 161 g/mol. The molecule has 0 aliphatic carbocycles. The summed E-state index contributed by atoms with van der Waals surface area (Å²) in [6.45, 7) is 4.89. The number of nitrogens with zero attached hydrogens (tertiary/aromatic N) is 2. The van der Waals surface area contributed by atoms with Gasteiger partial charge in [0.1, 0.15) is 11.0 Å². The van der Waals surface area contributed by atoms with Crippen molar-refractivity contribution in [3.8, 4) is 0 Å². The molecule has 0 saturated heterocycles. The Hall–Kier alpha value is -0.870. The van der Waals surface area contributed by atoms with Gasteiger partial charge in [0.25, 0.3) is 0 Å². The molecule has 5 heteroatoms. The number of nitrogens with one attached hydrogen (secondary N) is 1. The lowest BCUT2D eigenvalue weighted by molar-refractivity contribution is 1.01. The van der Waals surface area contributed by atoms with Crippen LogP contribution < -0.4 is 11.3 Å². The van der Waals surface area contributed by atoms with E-state index in [0.717, 1.165) is 0 Å². The van der Waals surface area contributed by atoms with Crippen molar-refractivity contribution in [2.45, 2.75) is 6.92 Å². The molecular formula is C5H9ClN4. The monoisotopic (exact) mass is 160 g/mol. The molecule has 0 aromatic heterocycles. The van der Waals surface area contributed by atoms with Gasteiger partial charge in [0.15, 0.2) is 0 Å². The van der Waals surface area contributed by atoms with Crippen molar-refractivity contribution >= 4 is 24.2 Å². The Morgan fingerprint density at radius 2 is 2.40 bits per heavy atom. The number of rotatable bonds is 2. The van der Waals surface area contributed by atoms with Crippen LogP contribution in [0, 0.1) is 0 Å². The van der Waals surface area contributed by atoms with E-state index in [0.29, 0.717) is 5.84 Å². The summed E-state index contributed by atoms with van der Waals surface area (Å²) in [4.78, 5) is 7.16. The maximum atomic E-state index is 5.42. The Labute approximate surface area is 64.5 Å². The molecule has 0 radical (unpaired) electrons. The molecule has 0 aliphatic rings. The highest BCUT2D eigenvalue weighted by Gasteiger charge is 1.82. The second-order valence-corrected chi connectivity index (χ2v) is 1.86. The van der Waals surface area contributed by atoms with E-state index in [9.17, 15) is 0 Å². The van der Waals surface area contributed by atoms with E-state index in [-0.39, 0.29) is 5.16 Å². The van der Waals surface area contributed by atoms with Gasteiger partial charge in [-0.15, -0.1) is 0 Å². The Balaban J connectivity index is 4.03. The van der Waals surface area contributed by atoms with Crippen LogP contribution in [0.1, 0.15) is 6.92 Å². The van der Waals surface area contributed by atoms with Crippen LogP contribution in [0.5, 0.6) is 0 Å². The minimum Gasteiger partial charge on any atom is -0.312 e. The summed E-state index contributed by atoms with van der Waals surface area (Å²) < 4.78 is 0. The van der Waals surface area contributed by atoms with Crippen molar-refractivity contribution in [3.63, 3.8) is 0 Å². The van der Waals surface area contributed by atoms with E-state index in [1.54, 1.807) is 6.92 Å². The van der Waals surface area contributed by atoms with Gasteiger partial charge >= 0.3 is 0 Å². The third-order valence-electron chi connectivity index (χ3n) is 0.725. The minimum atomic E-state index is 0.231. The van der Waals surface area contributed by atoms with E-state index < -0.39 is 0 Å². The molecule has 0 heterocycles. The molecule has 0 spiro atoms. The van der Waals surface area contributed by atoms with Crippen molar-refractivity contribution in [2.75, 3.05) is 0 Å². The van der Waals surface area contributed by atoms with Crippen molar-refractivity contribution in [1.82, 2.24) is 5.43 Å². The number of halogens is 1. The van der Waals surface area contributed by atoms with Gasteiger partial charge in [0.05, 0.1) is 6.20 Å². The second kappa shape index (κ2) is 4.96. The first kappa shape index (κ1) is 9.13. The highest BCUT2D eigenvalue weighted by atomic mass is 35.5. The zero-order valence-electron chi connectivity index (χ0n) is 5.63. The molecule has 3 N–H and O–H groups in total. The Morgan fingerprint density at radius 3 is 2.80 bits per heavy atom. The topological polar surface area (TPSA) is 62.8 Å². The lowest BCUT2D eigenvalue weighted by Crippen LogP contribution is -2.27. The minimum absolute atomic E-state index is 0.231. The van der Waals surface area contributed by atoms with Gasteiger partial charge in [-0.05, 0) is 13.6 Å². The summed E-state index contributed by atoms with van der Waals surface area (Å²) in [7, 11) is 0. The fraction of sp³-hybridized carbons (Fsp3) is 0.200. The predicted molar refractivity (Wildman–Crippen MR) is 43.9 cm³/mol. The van der Waals surface area contributed by atoms with Gasteiger partial charge in [-0.2, -0.15) is 0 Å². The molecule has 0 bridgehead atoms. The molecule has 0 atom stereocenters. The lowest BCUT2D eigenvalue weighted by Gasteiger charge is -1.92. The standard InChI is InChI=1S/C5H9ClN4/c1-4(10-7)9-3-5(6)8-2/h3H,2,7H2,1H3,(H,9,10)/b5-3-. The summed E-state index contributed by atoms with van der Waals surface area (Å²) in [5.74, 6) is 5.56. The van der Waals surface area contributed by atoms with Gasteiger partial charge in [0, 0.05) is 0 Å². The Bertz CT molecular complexity index is 172.